The Bertz CT molecular complexity index is 458. The van der Waals surface area contributed by atoms with Gasteiger partial charge in [0.1, 0.15) is 5.82 Å². The van der Waals surface area contributed by atoms with E-state index in [-0.39, 0.29) is 17.5 Å². The van der Waals surface area contributed by atoms with E-state index in [1.807, 2.05) is 0 Å². The van der Waals surface area contributed by atoms with Gasteiger partial charge in [0.2, 0.25) is 0 Å². The Morgan fingerprint density at radius 1 is 1.42 bits per heavy atom. The molecule has 1 unspecified atom stereocenters. The first-order valence-corrected chi connectivity index (χ1v) is 6.06. The molecule has 19 heavy (non-hydrogen) atoms. The summed E-state index contributed by atoms with van der Waals surface area (Å²) in [5.41, 5.74) is -1.71. The van der Waals surface area contributed by atoms with Crippen LogP contribution in [0.15, 0.2) is 18.2 Å². The van der Waals surface area contributed by atoms with Crippen LogP contribution in [0.3, 0.4) is 0 Å². The fourth-order valence-electron chi connectivity index (χ4n) is 1.40. The molecule has 0 spiro atoms. The van der Waals surface area contributed by atoms with Crippen LogP contribution in [-0.4, -0.2) is 17.8 Å². The maximum Gasteiger partial charge on any atom is 0.419 e. The van der Waals surface area contributed by atoms with Crippen LogP contribution in [0.5, 0.6) is 0 Å². The fraction of sp³-hybridized carbons (Fsp3) is 0.417. The van der Waals surface area contributed by atoms with Crippen molar-refractivity contribution in [2.75, 3.05) is 5.88 Å². The Labute approximate surface area is 112 Å². The highest BCUT2D eigenvalue weighted by Gasteiger charge is 2.34. The Balaban J connectivity index is 2.99. The highest BCUT2D eigenvalue weighted by Crippen LogP contribution is 2.31. The van der Waals surface area contributed by atoms with Crippen molar-refractivity contribution >= 4 is 17.5 Å². The minimum atomic E-state index is -4.84. The molecular weight excluding hydrogens is 286 g/mol. The molecule has 0 aliphatic rings. The van der Waals surface area contributed by atoms with Gasteiger partial charge in [-0.1, -0.05) is 6.92 Å². The molecule has 1 N–H and O–H groups in total. The van der Waals surface area contributed by atoms with Crippen LogP contribution in [0, 0.1) is 5.82 Å². The van der Waals surface area contributed by atoms with Gasteiger partial charge in [0, 0.05) is 17.5 Å². The molecule has 7 heteroatoms. The second kappa shape index (κ2) is 6.23. The van der Waals surface area contributed by atoms with Gasteiger partial charge in [0.15, 0.2) is 0 Å². The highest BCUT2D eigenvalue weighted by molar-refractivity contribution is 6.18. The topological polar surface area (TPSA) is 29.1 Å². The first-order valence-electron chi connectivity index (χ1n) is 5.53. The van der Waals surface area contributed by atoms with E-state index in [0.717, 1.165) is 6.07 Å². The molecule has 1 atom stereocenters. The number of carbonyl (C=O) groups excluding carboxylic acids is 1. The van der Waals surface area contributed by atoms with Gasteiger partial charge in [-0.2, -0.15) is 13.2 Å². The van der Waals surface area contributed by atoms with Gasteiger partial charge < -0.3 is 5.32 Å². The van der Waals surface area contributed by atoms with Crippen molar-refractivity contribution in [3.05, 3.63) is 35.1 Å². The Hall–Kier alpha value is -1.30. The molecule has 1 aromatic rings. The lowest BCUT2D eigenvalue weighted by Crippen LogP contribution is -2.35. The molecule has 0 aliphatic carbocycles. The summed E-state index contributed by atoms with van der Waals surface area (Å²) in [4.78, 5) is 11.7. The second-order valence-electron chi connectivity index (χ2n) is 3.93. The number of hydrogen-bond acceptors (Lipinski definition) is 1. The minimum Gasteiger partial charge on any atom is -0.348 e. The van der Waals surface area contributed by atoms with Gasteiger partial charge in [-0.3, -0.25) is 4.79 Å². The van der Waals surface area contributed by atoms with Crippen LogP contribution in [0.4, 0.5) is 17.6 Å². The van der Waals surface area contributed by atoms with Crippen LogP contribution in [0.25, 0.3) is 0 Å². The standard InChI is InChI=1S/C12H12ClF4NO/c1-2-8(6-13)18-11(19)7-3-4-10(14)9(5-7)12(15,16)17/h3-5,8H,2,6H2,1H3,(H,18,19). The first kappa shape index (κ1) is 15.8. The summed E-state index contributed by atoms with van der Waals surface area (Å²) in [5, 5.41) is 2.47. The molecule has 1 rings (SSSR count). The number of alkyl halides is 4. The number of benzene rings is 1. The maximum atomic E-state index is 13.1. The van der Waals surface area contributed by atoms with Gasteiger partial charge in [0.25, 0.3) is 5.91 Å². The van der Waals surface area contributed by atoms with E-state index < -0.39 is 23.5 Å². The predicted octanol–water partition coefficient (Wildman–Crippen LogP) is 3.59. The van der Waals surface area contributed by atoms with Crippen LogP contribution in [0.1, 0.15) is 29.3 Å². The van der Waals surface area contributed by atoms with E-state index in [9.17, 15) is 22.4 Å². The zero-order valence-electron chi connectivity index (χ0n) is 10.0. The Morgan fingerprint density at radius 2 is 2.05 bits per heavy atom. The summed E-state index contributed by atoms with van der Waals surface area (Å²) in [6.07, 6.45) is -4.29. The lowest BCUT2D eigenvalue weighted by Gasteiger charge is -2.15. The monoisotopic (exact) mass is 297 g/mol. The Kier molecular flexibility index (Phi) is 5.17. The van der Waals surface area contributed by atoms with Crippen molar-refractivity contribution < 1.29 is 22.4 Å². The van der Waals surface area contributed by atoms with Crippen molar-refractivity contribution in [2.45, 2.75) is 25.6 Å². The third-order valence-electron chi connectivity index (χ3n) is 2.55. The second-order valence-corrected chi connectivity index (χ2v) is 4.23. The number of halogens is 5. The lowest BCUT2D eigenvalue weighted by molar-refractivity contribution is -0.140. The quantitative estimate of drug-likeness (QED) is 0.668. The molecule has 106 valence electrons. The first-order chi connectivity index (χ1) is 8.79. The molecular formula is C12H12ClF4NO. The number of hydrogen-bond donors (Lipinski definition) is 1. The normalized spacial score (nSPS) is 13.2. The SMILES string of the molecule is CCC(CCl)NC(=O)c1ccc(F)c(C(F)(F)F)c1. The summed E-state index contributed by atoms with van der Waals surface area (Å²) in [6, 6.07) is 1.78. The van der Waals surface area contributed by atoms with Crippen LogP contribution < -0.4 is 5.32 Å². The minimum absolute atomic E-state index is 0.148. The summed E-state index contributed by atoms with van der Waals surface area (Å²) in [6.45, 7) is 1.78. The number of carbonyl (C=O) groups is 1. The zero-order valence-corrected chi connectivity index (χ0v) is 10.8. The molecule has 1 aromatic carbocycles. The van der Waals surface area contributed by atoms with Gasteiger partial charge in [0.05, 0.1) is 5.56 Å². The van der Waals surface area contributed by atoms with Crippen molar-refractivity contribution in [3.63, 3.8) is 0 Å². The summed E-state index contributed by atoms with van der Waals surface area (Å²) in [7, 11) is 0. The molecule has 0 radical (unpaired) electrons. The largest absolute Gasteiger partial charge is 0.419 e. The zero-order chi connectivity index (χ0) is 14.6. The molecule has 1 amide bonds. The number of rotatable bonds is 4. The van der Waals surface area contributed by atoms with Crippen LogP contribution >= 0.6 is 11.6 Å². The molecule has 0 saturated heterocycles. The molecule has 0 heterocycles. The van der Waals surface area contributed by atoms with Gasteiger partial charge in [-0.15, -0.1) is 11.6 Å². The lowest BCUT2D eigenvalue weighted by atomic mass is 10.1. The number of amides is 1. The van der Waals surface area contributed by atoms with Crippen molar-refractivity contribution in [1.29, 1.82) is 0 Å². The summed E-state index contributed by atoms with van der Waals surface area (Å²) < 4.78 is 50.5. The summed E-state index contributed by atoms with van der Waals surface area (Å²) >= 11 is 5.57. The molecule has 2 nitrogen and oxygen atoms in total. The van der Waals surface area contributed by atoms with E-state index in [1.54, 1.807) is 6.92 Å². The fourth-order valence-corrected chi connectivity index (χ4v) is 1.70. The average molecular weight is 298 g/mol. The molecule has 0 bridgehead atoms. The van der Waals surface area contributed by atoms with Crippen LogP contribution in [-0.2, 0) is 6.18 Å². The van der Waals surface area contributed by atoms with Gasteiger partial charge in [-0.05, 0) is 24.6 Å². The predicted molar refractivity (Wildman–Crippen MR) is 63.7 cm³/mol. The smallest absolute Gasteiger partial charge is 0.348 e. The van der Waals surface area contributed by atoms with E-state index >= 15 is 0 Å². The third-order valence-corrected chi connectivity index (χ3v) is 2.92. The molecule has 0 aromatic heterocycles. The van der Waals surface area contributed by atoms with Crippen LogP contribution in [0.2, 0.25) is 0 Å². The van der Waals surface area contributed by atoms with E-state index in [1.165, 1.54) is 0 Å². The molecule has 0 saturated carbocycles. The van der Waals surface area contributed by atoms with Crippen molar-refractivity contribution in [1.82, 2.24) is 5.32 Å². The van der Waals surface area contributed by atoms with E-state index in [4.69, 9.17) is 11.6 Å². The average Bonchev–Trinajstić information content (AvgIpc) is 2.34. The van der Waals surface area contributed by atoms with Crippen molar-refractivity contribution in [3.8, 4) is 0 Å². The Morgan fingerprint density at radius 3 is 2.53 bits per heavy atom. The maximum absolute atomic E-state index is 13.1. The highest BCUT2D eigenvalue weighted by atomic mass is 35.5. The van der Waals surface area contributed by atoms with E-state index in [2.05, 4.69) is 5.32 Å². The molecule has 0 fully saturated rings. The van der Waals surface area contributed by atoms with Gasteiger partial charge in [-0.25, -0.2) is 4.39 Å². The summed E-state index contributed by atoms with van der Waals surface area (Å²) in [5.74, 6) is -1.97. The van der Waals surface area contributed by atoms with Crippen molar-refractivity contribution in [2.24, 2.45) is 0 Å². The van der Waals surface area contributed by atoms with Gasteiger partial charge >= 0.3 is 6.18 Å². The number of nitrogens with one attached hydrogen (secondary N) is 1. The molecule has 0 aliphatic heterocycles. The van der Waals surface area contributed by atoms with E-state index in [0.29, 0.717) is 18.6 Å². The third kappa shape index (κ3) is 4.09.